The lowest BCUT2D eigenvalue weighted by molar-refractivity contribution is 0.0519. The first kappa shape index (κ1) is 19.4. The van der Waals surface area contributed by atoms with Crippen molar-refractivity contribution in [2.75, 3.05) is 13.2 Å². The highest BCUT2D eigenvalue weighted by Crippen LogP contribution is 2.23. The van der Waals surface area contributed by atoms with E-state index >= 15 is 0 Å². The molecule has 1 aromatic carbocycles. The maximum absolute atomic E-state index is 12.7. The van der Waals surface area contributed by atoms with Gasteiger partial charge in [0.15, 0.2) is 6.61 Å². The summed E-state index contributed by atoms with van der Waals surface area (Å²) in [6.07, 6.45) is 0. The molecule has 0 spiro atoms. The molecule has 7 nitrogen and oxygen atoms in total. The monoisotopic (exact) mass is 383 g/mol. The molecule has 0 radical (unpaired) electrons. The number of hydrogen-bond donors (Lipinski definition) is 1. The second-order valence-corrected chi connectivity index (χ2v) is 6.46. The van der Waals surface area contributed by atoms with Gasteiger partial charge in [-0.25, -0.2) is 9.59 Å². The highest BCUT2D eigenvalue weighted by molar-refractivity contribution is 6.03. The number of esters is 1. The Morgan fingerprint density at radius 1 is 1.14 bits per heavy atom. The van der Waals surface area contributed by atoms with E-state index in [0.29, 0.717) is 28.2 Å². The van der Waals surface area contributed by atoms with Crippen molar-refractivity contribution in [3.63, 3.8) is 0 Å². The SMILES string of the molecule is CCOC(=O)c1[nH]c(C)c(C(=O)COc2ccc3c(C)cc(=O)oc3c2)c1C. The van der Waals surface area contributed by atoms with Crippen LogP contribution in [0.1, 0.15) is 44.6 Å². The molecule has 2 aromatic heterocycles. The Morgan fingerprint density at radius 2 is 1.89 bits per heavy atom. The van der Waals surface area contributed by atoms with Crippen LogP contribution in [-0.2, 0) is 4.74 Å². The van der Waals surface area contributed by atoms with Crippen LogP contribution in [0.2, 0.25) is 0 Å². The van der Waals surface area contributed by atoms with Crippen molar-refractivity contribution < 1.29 is 23.5 Å². The number of Topliss-reactive ketones (excluding diaryl/α,β-unsaturated/α-hetero) is 1. The summed E-state index contributed by atoms with van der Waals surface area (Å²) in [6.45, 7) is 6.98. The third-order valence-corrected chi connectivity index (χ3v) is 4.49. The molecule has 0 atom stereocenters. The van der Waals surface area contributed by atoms with Gasteiger partial charge in [0, 0.05) is 28.8 Å². The predicted octanol–water partition coefficient (Wildman–Crippen LogP) is 3.48. The molecule has 0 aliphatic heterocycles. The Kier molecular flexibility index (Phi) is 5.35. The van der Waals surface area contributed by atoms with Gasteiger partial charge in [-0.2, -0.15) is 0 Å². The average Bonchev–Trinajstić information content (AvgIpc) is 2.94. The van der Waals surface area contributed by atoms with Crippen molar-refractivity contribution in [1.29, 1.82) is 0 Å². The molecule has 0 saturated carbocycles. The average molecular weight is 383 g/mol. The molecule has 3 aromatic rings. The Hall–Kier alpha value is -3.35. The van der Waals surface area contributed by atoms with Gasteiger partial charge in [-0.05, 0) is 51.0 Å². The molecule has 7 heteroatoms. The number of H-pyrrole nitrogens is 1. The maximum atomic E-state index is 12.7. The van der Waals surface area contributed by atoms with Gasteiger partial charge in [-0.15, -0.1) is 0 Å². The molecule has 1 N–H and O–H groups in total. The molecule has 0 unspecified atom stereocenters. The normalized spacial score (nSPS) is 10.9. The fourth-order valence-corrected chi connectivity index (χ4v) is 3.19. The topological polar surface area (TPSA) is 98.6 Å². The van der Waals surface area contributed by atoms with Crippen molar-refractivity contribution in [1.82, 2.24) is 4.98 Å². The summed E-state index contributed by atoms with van der Waals surface area (Å²) in [6, 6.07) is 6.49. The molecule has 0 fully saturated rings. The van der Waals surface area contributed by atoms with Crippen molar-refractivity contribution in [2.24, 2.45) is 0 Å². The van der Waals surface area contributed by atoms with Gasteiger partial charge in [0.1, 0.15) is 17.0 Å². The number of hydrogen-bond acceptors (Lipinski definition) is 6. The zero-order chi connectivity index (χ0) is 20.4. The van der Waals surface area contributed by atoms with E-state index in [-0.39, 0.29) is 24.7 Å². The van der Waals surface area contributed by atoms with Crippen molar-refractivity contribution in [3.05, 3.63) is 62.8 Å². The smallest absolute Gasteiger partial charge is 0.355 e. The standard InChI is InChI=1S/C21H21NO6/c1-5-26-21(25)20-12(3)19(13(4)22-20)16(23)10-27-14-6-7-15-11(2)8-18(24)28-17(15)9-14/h6-9,22H,5,10H2,1-4H3. The summed E-state index contributed by atoms with van der Waals surface area (Å²) in [5.74, 6) is -0.360. The zero-order valence-electron chi connectivity index (χ0n) is 16.2. The first-order valence-electron chi connectivity index (χ1n) is 8.88. The summed E-state index contributed by atoms with van der Waals surface area (Å²) in [5, 5.41) is 0.801. The molecule has 146 valence electrons. The second-order valence-electron chi connectivity index (χ2n) is 6.46. The van der Waals surface area contributed by atoms with Crippen molar-refractivity contribution in [3.8, 4) is 5.75 Å². The van der Waals surface area contributed by atoms with E-state index in [0.717, 1.165) is 10.9 Å². The molecule has 0 aliphatic rings. The van der Waals surface area contributed by atoms with Crippen LogP contribution in [0.5, 0.6) is 5.75 Å². The Bertz CT molecular complexity index is 1120. The molecule has 28 heavy (non-hydrogen) atoms. The van der Waals surface area contributed by atoms with Gasteiger partial charge >= 0.3 is 11.6 Å². The van der Waals surface area contributed by atoms with E-state index in [4.69, 9.17) is 13.9 Å². The number of carbonyl (C=O) groups is 2. The number of ether oxygens (including phenoxy) is 2. The van der Waals surface area contributed by atoms with Crippen LogP contribution in [0.3, 0.4) is 0 Å². The van der Waals surface area contributed by atoms with Crippen LogP contribution in [0.15, 0.2) is 33.5 Å². The number of ketones is 1. The number of benzene rings is 1. The van der Waals surface area contributed by atoms with Crippen LogP contribution < -0.4 is 10.4 Å². The first-order valence-corrected chi connectivity index (χ1v) is 8.88. The van der Waals surface area contributed by atoms with Gasteiger partial charge in [0.25, 0.3) is 0 Å². The van der Waals surface area contributed by atoms with Gasteiger partial charge in [-0.3, -0.25) is 4.79 Å². The largest absolute Gasteiger partial charge is 0.485 e. The molecule has 0 aliphatic carbocycles. The molecule has 0 bridgehead atoms. The Balaban J connectivity index is 1.80. The van der Waals surface area contributed by atoms with Gasteiger partial charge in [0.2, 0.25) is 5.78 Å². The summed E-state index contributed by atoms with van der Waals surface area (Å²) in [7, 11) is 0. The molecule has 3 rings (SSSR count). The molecule has 0 amide bonds. The minimum atomic E-state index is -0.497. The number of fused-ring (bicyclic) bond motifs is 1. The number of nitrogens with one attached hydrogen (secondary N) is 1. The summed E-state index contributed by atoms with van der Waals surface area (Å²) >= 11 is 0. The third kappa shape index (κ3) is 3.69. The van der Waals surface area contributed by atoms with Crippen LogP contribution in [0.4, 0.5) is 0 Å². The van der Waals surface area contributed by atoms with E-state index in [1.165, 1.54) is 6.07 Å². The molecular weight excluding hydrogens is 362 g/mol. The molecular formula is C21H21NO6. The van der Waals surface area contributed by atoms with Crippen LogP contribution in [-0.4, -0.2) is 30.0 Å². The number of aromatic amines is 1. The van der Waals surface area contributed by atoms with E-state index in [1.807, 2.05) is 6.92 Å². The first-order chi connectivity index (χ1) is 13.3. The highest BCUT2D eigenvalue weighted by Gasteiger charge is 2.23. The minimum absolute atomic E-state index is 0.219. The zero-order valence-corrected chi connectivity index (χ0v) is 16.2. The number of carbonyl (C=O) groups excluding carboxylic acids is 2. The predicted molar refractivity (Wildman–Crippen MR) is 103 cm³/mol. The molecule has 2 heterocycles. The minimum Gasteiger partial charge on any atom is -0.485 e. The van der Waals surface area contributed by atoms with Crippen molar-refractivity contribution in [2.45, 2.75) is 27.7 Å². The van der Waals surface area contributed by atoms with E-state index in [2.05, 4.69) is 4.98 Å². The van der Waals surface area contributed by atoms with E-state index in [9.17, 15) is 14.4 Å². The van der Waals surface area contributed by atoms with Crippen LogP contribution >= 0.6 is 0 Å². The van der Waals surface area contributed by atoms with E-state index < -0.39 is 11.6 Å². The van der Waals surface area contributed by atoms with Gasteiger partial charge in [0.05, 0.1) is 6.61 Å². The Morgan fingerprint density at radius 3 is 2.61 bits per heavy atom. The van der Waals surface area contributed by atoms with Gasteiger partial charge in [-0.1, -0.05) is 0 Å². The summed E-state index contributed by atoms with van der Waals surface area (Å²) < 4.78 is 15.8. The maximum Gasteiger partial charge on any atom is 0.355 e. The lowest BCUT2D eigenvalue weighted by Gasteiger charge is -2.08. The van der Waals surface area contributed by atoms with Crippen LogP contribution in [0, 0.1) is 20.8 Å². The number of aromatic nitrogens is 1. The summed E-state index contributed by atoms with van der Waals surface area (Å²) in [4.78, 5) is 39.1. The lowest BCUT2D eigenvalue weighted by Crippen LogP contribution is -2.14. The fraction of sp³-hybridized carbons (Fsp3) is 0.286. The lowest BCUT2D eigenvalue weighted by atomic mass is 10.1. The highest BCUT2D eigenvalue weighted by atomic mass is 16.5. The number of aryl methyl sites for hydroxylation is 2. The van der Waals surface area contributed by atoms with Crippen LogP contribution in [0.25, 0.3) is 11.0 Å². The second kappa shape index (κ2) is 7.72. The molecule has 0 saturated heterocycles. The third-order valence-electron chi connectivity index (χ3n) is 4.49. The van der Waals surface area contributed by atoms with Crippen molar-refractivity contribution >= 4 is 22.7 Å². The number of rotatable bonds is 6. The fourth-order valence-electron chi connectivity index (χ4n) is 3.19. The van der Waals surface area contributed by atoms with Gasteiger partial charge < -0.3 is 18.9 Å². The Labute approximate surface area is 161 Å². The quantitative estimate of drug-likeness (QED) is 0.397. The van der Waals surface area contributed by atoms with E-state index in [1.54, 1.807) is 39.0 Å². The summed E-state index contributed by atoms with van der Waals surface area (Å²) in [5.41, 5.74) is 2.55.